The first-order valence-corrected chi connectivity index (χ1v) is 5.47. The predicted molar refractivity (Wildman–Crippen MR) is 60.7 cm³/mol. The number of fused-ring (bicyclic) bond motifs is 1. The number of furan rings is 1. The van der Waals surface area contributed by atoms with E-state index >= 15 is 0 Å². The van der Waals surface area contributed by atoms with Crippen molar-refractivity contribution in [2.75, 3.05) is 0 Å². The van der Waals surface area contributed by atoms with Crippen molar-refractivity contribution in [3.8, 4) is 0 Å². The second-order valence-corrected chi connectivity index (χ2v) is 4.67. The van der Waals surface area contributed by atoms with Crippen LogP contribution in [0.25, 0.3) is 11.0 Å². The first-order valence-electron chi connectivity index (χ1n) is 5.47. The third-order valence-electron chi connectivity index (χ3n) is 3.27. The molecular formula is C13H15NO. The smallest absolute Gasteiger partial charge is 0.134 e. The van der Waals surface area contributed by atoms with Crippen LogP contribution >= 0.6 is 0 Å². The molecule has 0 aliphatic heterocycles. The van der Waals surface area contributed by atoms with E-state index in [0.717, 1.165) is 12.1 Å². The topological polar surface area (TPSA) is 25.2 Å². The van der Waals surface area contributed by atoms with Crippen molar-refractivity contribution in [3.05, 3.63) is 36.1 Å². The lowest BCUT2D eigenvalue weighted by molar-refractivity contribution is 0.532. The van der Waals surface area contributed by atoms with Crippen LogP contribution in [0.4, 0.5) is 0 Å². The van der Waals surface area contributed by atoms with Crippen LogP contribution in [0.3, 0.4) is 0 Å². The van der Waals surface area contributed by atoms with Gasteiger partial charge in [-0.05, 0) is 25.8 Å². The largest absolute Gasteiger partial charge is 0.464 e. The maximum absolute atomic E-state index is 5.49. The lowest BCUT2D eigenvalue weighted by Crippen LogP contribution is -2.26. The molecule has 2 aromatic rings. The molecule has 0 bridgehead atoms. The molecule has 3 rings (SSSR count). The summed E-state index contributed by atoms with van der Waals surface area (Å²) in [4.78, 5) is 0. The molecule has 1 aromatic carbocycles. The van der Waals surface area contributed by atoms with Gasteiger partial charge in [-0.1, -0.05) is 18.2 Å². The summed E-state index contributed by atoms with van der Waals surface area (Å²) in [6.45, 7) is 3.18. The zero-order valence-corrected chi connectivity index (χ0v) is 8.92. The highest BCUT2D eigenvalue weighted by atomic mass is 16.3. The van der Waals surface area contributed by atoms with Gasteiger partial charge in [-0.15, -0.1) is 0 Å². The summed E-state index contributed by atoms with van der Waals surface area (Å²) in [5.41, 5.74) is 2.63. The molecule has 1 saturated carbocycles. The first-order chi connectivity index (χ1) is 7.27. The number of hydrogen-bond acceptors (Lipinski definition) is 2. The second kappa shape index (κ2) is 3.11. The molecule has 1 N–H and O–H groups in total. The maximum Gasteiger partial charge on any atom is 0.134 e. The third-order valence-corrected chi connectivity index (χ3v) is 3.27. The molecule has 15 heavy (non-hydrogen) atoms. The van der Waals surface area contributed by atoms with Crippen LogP contribution in [0.15, 0.2) is 34.9 Å². The first kappa shape index (κ1) is 8.98. The van der Waals surface area contributed by atoms with E-state index in [9.17, 15) is 0 Å². The van der Waals surface area contributed by atoms with E-state index in [1.54, 1.807) is 0 Å². The molecule has 2 heteroatoms. The molecule has 1 aromatic heterocycles. The number of para-hydroxylation sites is 1. The average molecular weight is 201 g/mol. The van der Waals surface area contributed by atoms with E-state index in [4.69, 9.17) is 4.42 Å². The second-order valence-electron chi connectivity index (χ2n) is 4.67. The molecule has 0 saturated heterocycles. The molecule has 1 heterocycles. The molecule has 0 radical (unpaired) electrons. The molecular weight excluding hydrogens is 186 g/mol. The summed E-state index contributed by atoms with van der Waals surface area (Å²) in [5.74, 6) is 0. The number of nitrogens with one attached hydrogen (secondary N) is 1. The Labute approximate surface area is 89.3 Å². The van der Waals surface area contributed by atoms with Gasteiger partial charge in [0.15, 0.2) is 0 Å². The van der Waals surface area contributed by atoms with Gasteiger partial charge < -0.3 is 9.73 Å². The Morgan fingerprint density at radius 3 is 2.93 bits per heavy atom. The molecule has 1 aliphatic rings. The van der Waals surface area contributed by atoms with Gasteiger partial charge in [0.05, 0.1) is 6.26 Å². The van der Waals surface area contributed by atoms with Gasteiger partial charge in [-0.2, -0.15) is 0 Å². The van der Waals surface area contributed by atoms with Gasteiger partial charge >= 0.3 is 0 Å². The molecule has 0 unspecified atom stereocenters. The van der Waals surface area contributed by atoms with Crippen LogP contribution in [0.1, 0.15) is 25.3 Å². The molecule has 78 valence electrons. The van der Waals surface area contributed by atoms with Crippen molar-refractivity contribution < 1.29 is 4.42 Å². The molecule has 0 spiro atoms. The standard InChI is InChI=1S/C13H15NO/c1-13(6-7-13)14-8-10-9-15-12-5-3-2-4-11(10)12/h2-5,9,14H,6-8H2,1H3. The van der Waals surface area contributed by atoms with Gasteiger partial charge in [0, 0.05) is 23.0 Å². The lowest BCUT2D eigenvalue weighted by atomic mass is 10.1. The van der Waals surface area contributed by atoms with Crippen molar-refractivity contribution in [3.63, 3.8) is 0 Å². The van der Waals surface area contributed by atoms with Crippen molar-refractivity contribution in [1.82, 2.24) is 5.32 Å². The highest BCUT2D eigenvalue weighted by molar-refractivity contribution is 5.80. The molecule has 1 aliphatic carbocycles. The minimum Gasteiger partial charge on any atom is -0.464 e. The van der Waals surface area contributed by atoms with Crippen LogP contribution in [0, 0.1) is 0 Å². The number of benzene rings is 1. The minimum atomic E-state index is 0.387. The van der Waals surface area contributed by atoms with Crippen LogP contribution < -0.4 is 5.32 Å². The Morgan fingerprint density at radius 1 is 1.33 bits per heavy atom. The van der Waals surface area contributed by atoms with Crippen LogP contribution in [-0.2, 0) is 6.54 Å². The summed E-state index contributed by atoms with van der Waals surface area (Å²) in [5, 5.41) is 4.80. The third kappa shape index (κ3) is 1.65. The Bertz CT molecular complexity index is 482. The summed E-state index contributed by atoms with van der Waals surface area (Å²) in [6.07, 6.45) is 4.45. The zero-order chi connectivity index (χ0) is 10.3. The van der Waals surface area contributed by atoms with E-state index in [-0.39, 0.29) is 0 Å². The summed E-state index contributed by atoms with van der Waals surface area (Å²) < 4.78 is 5.49. The normalized spacial score (nSPS) is 18.2. The van der Waals surface area contributed by atoms with Crippen molar-refractivity contribution in [2.24, 2.45) is 0 Å². The highest BCUT2D eigenvalue weighted by Gasteiger charge is 2.36. The van der Waals surface area contributed by atoms with Crippen LogP contribution in [0.2, 0.25) is 0 Å². The average Bonchev–Trinajstić information content (AvgIpc) is 2.86. The van der Waals surface area contributed by atoms with Gasteiger partial charge in [0.1, 0.15) is 5.58 Å². The maximum atomic E-state index is 5.49. The monoisotopic (exact) mass is 201 g/mol. The van der Waals surface area contributed by atoms with Gasteiger partial charge in [0.2, 0.25) is 0 Å². The Kier molecular flexibility index (Phi) is 1.86. The quantitative estimate of drug-likeness (QED) is 0.825. The predicted octanol–water partition coefficient (Wildman–Crippen LogP) is 3.07. The fourth-order valence-corrected chi connectivity index (χ4v) is 1.84. The van der Waals surface area contributed by atoms with E-state index in [1.165, 1.54) is 23.8 Å². The number of hydrogen-bond donors (Lipinski definition) is 1. The Hall–Kier alpha value is -1.28. The lowest BCUT2D eigenvalue weighted by Gasteiger charge is -2.09. The SMILES string of the molecule is CC1(NCc2coc3ccccc23)CC1. The van der Waals surface area contributed by atoms with Gasteiger partial charge in [0.25, 0.3) is 0 Å². The fourth-order valence-electron chi connectivity index (χ4n) is 1.84. The van der Waals surface area contributed by atoms with Gasteiger partial charge in [-0.3, -0.25) is 0 Å². The summed E-state index contributed by atoms with van der Waals surface area (Å²) in [7, 11) is 0. The van der Waals surface area contributed by atoms with E-state index in [0.29, 0.717) is 5.54 Å². The number of rotatable bonds is 3. The van der Waals surface area contributed by atoms with E-state index < -0.39 is 0 Å². The van der Waals surface area contributed by atoms with Crippen molar-refractivity contribution >= 4 is 11.0 Å². The van der Waals surface area contributed by atoms with E-state index in [2.05, 4.69) is 24.4 Å². The molecule has 1 fully saturated rings. The minimum absolute atomic E-state index is 0.387. The van der Waals surface area contributed by atoms with Gasteiger partial charge in [-0.25, -0.2) is 0 Å². The summed E-state index contributed by atoms with van der Waals surface area (Å²) in [6, 6.07) is 8.19. The Morgan fingerprint density at radius 2 is 2.13 bits per heavy atom. The summed E-state index contributed by atoms with van der Waals surface area (Å²) >= 11 is 0. The van der Waals surface area contributed by atoms with E-state index in [1.807, 2.05) is 18.4 Å². The van der Waals surface area contributed by atoms with Crippen molar-refractivity contribution in [2.45, 2.75) is 31.8 Å². The highest BCUT2D eigenvalue weighted by Crippen LogP contribution is 2.35. The van der Waals surface area contributed by atoms with Crippen LogP contribution in [-0.4, -0.2) is 5.54 Å². The van der Waals surface area contributed by atoms with Crippen LogP contribution in [0.5, 0.6) is 0 Å². The Balaban J connectivity index is 1.84. The fraction of sp³-hybridized carbons (Fsp3) is 0.385. The van der Waals surface area contributed by atoms with Crippen molar-refractivity contribution in [1.29, 1.82) is 0 Å². The zero-order valence-electron chi connectivity index (χ0n) is 8.92. The molecule has 0 amide bonds. The molecule has 0 atom stereocenters. The molecule has 2 nitrogen and oxygen atoms in total.